The lowest BCUT2D eigenvalue weighted by Crippen LogP contribution is -2.87. The summed E-state index contributed by atoms with van der Waals surface area (Å²) in [4.78, 5) is 0. The highest BCUT2D eigenvalue weighted by Gasteiger charge is 2.85. The van der Waals surface area contributed by atoms with Gasteiger partial charge in [0, 0.05) is 67.0 Å². The Hall–Kier alpha value is 1.16. The molecule has 10 bridgehead atoms. The second-order valence-electron chi connectivity index (χ2n) is 24.8. The quantitative estimate of drug-likeness (QED) is 0.176. The van der Waals surface area contributed by atoms with E-state index in [1.54, 1.807) is 0 Å². The van der Waals surface area contributed by atoms with E-state index in [-0.39, 0.29) is 0 Å². The van der Waals surface area contributed by atoms with Gasteiger partial charge in [-0.2, -0.15) is 0 Å². The fraction of sp³-hybridized carbons (Fsp3) is 0.957. The molecule has 14 fully saturated rings. The summed E-state index contributed by atoms with van der Waals surface area (Å²) in [6.45, 7) is 0. The fourth-order valence-electron chi connectivity index (χ4n) is 18.8. The van der Waals surface area contributed by atoms with E-state index in [1.807, 2.05) is 0 Å². The molecule has 11 unspecified atom stereocenters. The Morgan fingerprint density at radius 3 is 0.694 bits per heavy atom. The van der Waals surface area contributed by atoms with E-state index >= 15 is 0 Å². The molecule has 15 aliphatic rings. The van der Waals surface area contributed by atoms with Crippen molar-refractivity contribution in [2.24, 2.45) is 11.8 Å². The van der Waals surface area contributed by atoms with E-state index in [0.717, 1.165) is 22.7 Å². The molecule has 0 radical (unpaired) electrons. The van der Waals surface area contributed by atoms with Crippen molar-refractivity contribution >= 4 is 68.5 Å². The first-order valence-electron chi connectivity index (χ1n) is 27.6. The summed E-state index contributed by atoms with van der Waals surface area (Å²) in [5, 5.41) is 0. The van der Waals surface area contributed by atoms with E-state index < -0.39 is 68.5 Å². The van der Waals surface area contributed by atoms with Crippen LogP contribution in [0.4, 0.5) is 0 Å². The molecular formula is C46H80O8Si8. The molecule has 0 aromatic rings. The number of hydrogen-bond donors (Lipinski definition) is 0. The Kier molecular flexibility index (Phi) is 10.4. The van der Waals surface area contributed by atoms with E-state index in [9.17, 15) is 8.23 Å². The zero-order valence-electron chi connectivity index (χ0n) is 38.2. The second kappa shape index (κ2) is 15.3. The van der Waals surface area contributed by atoms with Crippen molar-refractivity contribution in [2.75, 3.05) is 0 Å². The molecule has 9 aliphatic carbocycles. The molecule has 6 heterocycles. The minimum absolute atomic E-state index is 0.466. The van der Waals surface area contributed by atoms with Gasteiger partial charge in [-0.25, -0.2) is 0 Å². The van der Waals surface area contributed by atoms with Crippen molar-refractivity contribution in [3.8, 4) is 0 Å². The molecular weight excluding hydrogens is 905 g/mol. The second-order valence-corrected chi connectivity index (χ2v) is 56.4. The topological polar surface area (TPSA) is 73.8 Å². The summed E-state index contributed by atoms with van der Waals surface area (Å²) in [6.07, 6.45) is 44.1. The predicted octanol–water partition coefficient (Wildman–Crippen LogP) is 13.5. The van der Waals surface area contributed by atoms with E-state index in [4.69, 9.17) is 24.7 Å². The lowest BCUT2D eigenvalue weighted by atomic mass is 10.1. The monoisotopic (exact) mass is 984 g/mol. The van der Waals surface area contributed by atoms with Crippen molar-refractivity contribution in [3.05, 3.63) is 12.2 Å². The zero-order chi connectivity index (χ0) is 40.9. The van der Waals surface area contributed by atoms with Crippen LogP contribution in [0.3, 0.4) is 0 Å². The normalized spacial score (nSPS) is 52.9. The van der Waals surface area contributed by atoms with Crippen LogP contribution in [0, 0.1) is 11.8 Å². The van der Waals surface area contributed by atoms with Crippen molar-refractivity contribution in [1.29, 1.82) is 0 Å². The van der Waals surface area contributed by atoms with Crippen LogP contribution in [0.15, 0.2) is 12.2 Å². The summed E-state index contributed by atoms with van der Waals surface area (Å²) in [7, 11) is -24.8. The third kappa shape index (κ3) is 6.32. The molecule has 15 rings (SSSR count). The number of rotatable bonds is 8. The molecule has 8 saturated carbocycles. The van der Waals surface area contributed by atoms with Gasteiger partial charge in [0.25, 0.3) is 0 Å². The molecule has 11 atom stereocenters. The van der Waals surface area contributed by atoms with Crippen LogP contribution in [0.1, 0.15) is 193 Å². The van der Waals surface area contributed by atoms with Gasteiger partial charge >= 0.3 is 68.5 Å². The van der Waals surface area contributed by atoms with Gasteiger partial charge in [-0.3, -0.25) is 0 Å². The average molecular weight is 986 g/mol. The lowest BCUT2D eigenvalue weighted by Gasteiger charge is -2.70. The average Bonchev–Trinajstić information content (AvgIpc) is 4.12. The first kappa shape index (κ1) is 42.1. The Balaban J connectivity index is 1.10. The largest absolute Gasteiger partial charge is 0.415 e. The number of hydrogen-bond acceptors (Lipinski definition) is 8. The van der Waals surface area contributed by atoms with Crippen molar-refractivity contribution in [1.82, 2.24) is 0 Å². The zero-order valence-corrected chi connectivity index (χ0v) is 46.2. The SMILES string of the molecule is C1=CC2CC1CC2[Si]12C[Si]3(C4CCCC4)O[Si]4(C5CCCC5)C[Si](C5CCCC5)(O[Si]5(C6CCCC6)C[Si](C6CCCC6)(O[Si](C6CCCC6)(C[Si](C6CCCC6)(O4)O5)O3)O1)O2. The molecule has 0 amide bonds. The van der Waals surface area contributed by atoms with Crippen LogP contribution in [0.5, 0.6) is 0 Å². The summed E-state index contributed by atoms with van der Waals surface area (Å²) in [5.74, 6) is 1.23. The molecule has 0 spiro atoms. The fourth-order valence-corrected chi connectivity index (χ4v) is 98.1. The highest BCUT2D eigenvalue weighted by molar-refractivity contribution is 7.14. The van der Waals surface area contributed by atoms with Gasteiger partial charge in [-0.05, 0) is 115 Å². The molecule has 6 saturated heterocycles. The molecule has 0 N–H and O–H groups in total. The lowest BCUT2D eigenvalue weighted by molar-refractivity contribution is 0.138. The predicted molar refractivity (Wildman–Crippen MR) is 259 cm³/mol. The van der Waals surface area contributed by atoms with Gasteiger partial charge in [-0.15, -0.1) is 0 Å². The van der Waals surface area contributed by atoms with E-state index in [0.29, 0.717) is 56.2 Å². The van der Waals surface area contributed by atoms with E-state index in [2.05, 4.69) is 12.2 Å². The number of fused-ring (bicyclic) bond motifs is 2. The van der Waals surface area contributed by atoms with Crippen LogP contribution in [0.25, 0.3) is 0 Å². The van der Waals surface area contributed by atoms with Crippen LogP contribution < -0.4 is 0 Å². The van der Waals surface area contributed by atoms with Gasteiger partial charge in [0.05, 0.1) is 0 Å². The van der Waals surface area contributed by atoms with Crippen LogP contribution >= 0.6 is 0 Å². The van der Waals surface area contributed by atoms with E-state index in [1.165, 1.54) is 193 Å². The first-order valence-corrected chi connectivity index (χ1v) is 44.4. The highest BCUT2D eigenvalue weighted by atomic mass is 28.6. The maximum atomic E-state index is 9.21. The minimum Gasteiger partial charge on any atom is -0.415 e. The standard InChI is InChI=1S/C46H80O8Si8/c1-2-16-39(15-1)55-33-56(40-17-3-4-18-40)49-59(43-23-9-10-24-43)34-57(47-55,41-19-5-6-20-41)50-60(44-25-11-12-26-44)35-58(48-55,42-21-7-8-22-42)52-61(51-56,45-27-13-14-28-45)36-62(53-59,54-60)46-32-37-29-30-38(46)31-37/h29-30,37-46H,1-28,31-36H2. The third-order valence-corrected chi connectivity index (χ3v) is 73.8. The highest BCUT2D eigenvalue weighted by Crippen LogP contribution is 2.71. The Morgan fingerprint density at radius 1 is 0.258 bits per heavy atom. The minimum atomic E-state index is -3.16. The van der Waals surface area contributed by atoms with Crippen LogP contribution in [-0.4, -0.2) is 68.5 Å². The summed E-state index contributed by atoms with van der Waals surface area (Å²) >= 11 is 0. The van der Waals surface area contributed by atoms with Gasteiger partial charge < -0.3 is 32.9 Å². The Labute approximate surface area is 382 Å². The van der Waals surface area contributed by atoms with Crippen molar-refractivity contribution in [3.63, 3.8) is 0 Å². The number of allylic oxidation sites excluding steroid dienone is 2. The Morgan fingerprint density at radius 2 is 0.484 bits per heavy atom. The molecule has 16 heteroatoms. The van der Waals surface area contributed by atoms with Gasteiger partial charge in [0.15, 0.2) is 0 Å². The van der Waals surface area contributed by atoms with Gasteiger partial charge in [0.1, 0.15) is 0 Å². The van der Waals surface area contributed by atoms with Crippen molar-refractivity contribution in [2.45, 2.75) is 260 Å². The van der Waals surface area contributed by atoms with Gasteiger partial charge in [0.2, 0.25) is 0 Å². The summed E-state index contributed by atoms with van der Waals surface area (Å²) in [5.41, 5.74) is 8.19. The third-order valence-electron chi connectivity index (χ3n) is 21.4. The molecule has 62 heavy (non-hydrogen) atoms. The smallest absolute Gasteiger partial charge is 0.326 e. The first-order chi connectivity index (χ1) is 30.3. The van der Waals surface area contributed by atoms with Crippen molar-refractivity contribution < 1.29 is 32.9 Å². The van der Waals surface area contributed by atoms with Gasteiger partial charge in [-0.1, -0.05) is 102 Å². The molecule has 8 nitrogen and oxygen atoms in total. The van der Waals surface area contributed by atoms with Crippen LogP contribution in [0.2, 0.25) is 67.0 Å². The molecule has 0 aromatic heterocycles. The molecule has 6 aliphatic heterocycles. The summed E-state index contributed by atoms with van der Waals surface area (Å²) < 4.78 is 73.2. The summed E-state index contributed by atoms with van der Waals surface area (Å²) in [6, 6.07) is 0. The van der Waals surface area contributed by atoms with Crippen LogP contribution in [-0.2, 0) is 32.9 Å². The maximum absolute atomic E-state index is 9.21. The molecule has 0 aromatic carbocycles. The Bertz CT molecular complexity index is 1570. The molecule has 344 valence electrons. The maximum Gasteiger partial charge on any atom is 0.326 e.